The van der Waals surface area contributed by atoms with Gasteiger partial charge in [-0.3, -0.25) is 14.4 Å². The summed E-state index contributed by atoms with van der Waals surface area (Å²) in [5.41, 5.74) is 8.05. The average molecular weight is 428 g/mol. The highest BCUT2D eigenvalue weighted by atomic mass is 19.1. The number of hydrogen-bond donors (Lipinski definition) is 3. The van der Waals surface area contributed by atoms with Crippen molar-refractivity contribution < 1.29 is 18.8 Å². The van der Waals surface area contributed by atoms with Crippen molar-refractivity contribution in [3.8, 4) is 0 Å². The molecule has 0 aliphatic rings. The average Bonchev–Trinajstić information content (AvgIpc) is 2.66. The predicted octanol–water partition coefficient (Wildman–Crippen LogP) is 2.38. The molecule has 0 fully saturated rings. The molecule has 3 amide bonds. The van der Waals surface area contributed by atoms with Crippen LogP contribution in [0.1, 0.15) is 44.4 Å². The van der Waals surface area contributed by atoms with Gasteiger partial charge in [-0.25, -0.2) is 4.39 Å². The Labute approximate surface area is 182 Å². The zero-order chi connectivity index (χ0) is 23.2. The van der Waals surface area contributed by atoms with Crippen LogP contribution in [0.15, 0.2) is 48.5 Å². The first-order valence-electron chi connectivity index (χ1n) is 10.2. The number of nitrogens with one attached hydrogen (secondary N) is 2. The van der Waals surface area contributed by atoms with E-state index in [-0.39, 0.29) is 18.3 Å². The van der Waals surface area contributed by atoms with E-state index in [1.807, 2.05) is 24.3 Å². The fourth-order valence-electron chi connectivity index (χ4n) is 3.23. The largest absolute Gasteiger partial charge is 0.368 e. The molecule has 0 bridgehead atoms. The zero-order valence-electron chi connectivity index (χ0n) is 18.4. The SMILES string of the molecule is CC(=O)N[C@H](Cc1cccc(F)c1)C(=O)N[C@H](Cc1ccc(C(C)(C)C)cc1)C(N)=O. The Morgan fingerprint density at radius 3 is 2.06 bits per heavy atom. The molecule has 2 rings (SSSR count). The molecule has 0 aliphatic heterocycles. The van der Waals surface area contributed by atoms with Crippen LogP contribution in [-0.4, -0.2) is 29.8 Å². The quantitative estimate of drug-likeness (QED) is 0.603. The molecule has 2 aromatic rings. The van der Waals surface area contributed by atoms with Crippen molar-refractivity contribution in [1.29, 1.82) is 0 Å². The second kappa shape index (κ2) is 10.2. The minimum atomic E-state index is -0.968. The summed E-state index contributed by atoms with van der Waals surface area (Å²) in [6.07, 6.45) is 0.299. The molecule has 0 aliphatic carbocycles. The Balaban J connectivity index is 2.13. The van der Waals surface area contributed by atoms with Gasteiger partial charge < -0.3 is 16.4 Å². The van der Waals surface area contributed by atoms with Gasteiger partial charge in [0.25, 0.3) is 0 Å². The maximum Gasteiger partial charge on any atom is 0.243 e. The number of nitrogens with two attached hydrogens (primary N) is 1. The molecule has 0 saturated carbocycles. The van der Waals surface area contributed by atoms with Gasteiger partial charge in [0.05, 0.1) is 0 Å². The second-order valence-corrected chi connectivity index (χ2v) is 8.70. The summed E-state index contributed by atoms with van der Waals surface area (Å²) in [4.78, 5) is 36.4. The number of primary amides is 1. The standard InChI is InChI=1S/C24H30FN3O3/c1-15(29)27-21(14-17-6-5-7-19(25)12-17)23(31)28-20(22(26)30)13-16-8-10-18(11-9-16)24(2,3)4/h5-12,20-21H,13-14H2,1-4H3,(H2,26,30)(H,27,29)(H,28,31)/t20-,21-/m1/s1. The topological polar surface area (TPSA) is 101 Å². The van der Waals surface area contributed by atoms with E-state index in [0.717, 1.165) is 11.1 Å². The first-order valence-corrected chi connectivity index (χ1v) is 10.2. The number of carbonyl (C=O) groups is 3. The van der Waals surface area contributed by atoms with Crippen molar-refractivity contribution in [3.63, 3.8) is 0 Å². The van der Waals surface area contributed by atoms with Crippen LogP contribution in [0.2, 0.25) is 0 Å². The smallest absolute Gasteiger partial charge is 0.243 e. The maximum absolute atomic E-state index is 13.5. The predicted molar refractivity (Wildman–Crippen MR) is 118 cm³/mol. The number of benzene rings is 2. The van der Waals surface area contributed by atoms with Gasteiger partial charge in [-0.15, -0.1) is 0 Å². The van der Waals surface area contributed by atoms with Gasteiger partial charge in [0.15, 0.2) is 0 Å². The highest BCUT2D eigenvalue weighted by Crippen LogP contribution is 2.22. The molecule has 2 atom stereocenters. The van der Waals surface area contributed by atoms with Crippen LogP contribution in [0.25, 0.3) is 0 Å². The number of halogens is 1. The van der Waals surface area contributed by atoms with E-state index in [0.29, 0.717) is 5.56 Å². The highest BCUT2D eigenvalue weighted by molar-refractivity contribution is 5.91. The Bertz CT molecular complexity index is 936. The fraction of sp³-hybridized carbons (Fsp3) is 0.375. The van der Waals surface area contributed by atoms with E-state index in [4.69, 9.17) is 5.73 Å². The molecule has 0 saturated heterocycles. The number of hydrogen-bond acceptors (Lipinski definition) is 3. The van der Waals surface area contributed by atoms with Crippen molar-refractivity contribution >= 4 is 17.7 Å². The first-order chi connectivity index (χ1) is 14.5. The Kier molecular flexibility index (Phi) is 7.91. The Hall–Kier alpha value is -3.22. The lowest BCUT2D eigenvalue weighted by Crippen LogP contribution is -2.54. The van der Waals surface area contributed by atoms with Crippen LogP contribution >= 0.6 is 0 Å². The van der Waals surface area contributed by atoms with E-state index in [9.17, 15) is 18.8 Å². The lowest BCUT2D eigenvalue weighted by Gasteiger charge is -2.22. The van der Waals surface area contributed by atoms with Crippen molar-refractivity contribution in [3.05, 3.63) is 71.0 Å². The minimum Gasteiger partial charge on any atom is -0.368 e. The van der Waals surface area contributed by atoms with Gasteiger partial charge in [0.1, 0.15) is 17.9 Å². The molecular formula is C24H30FN3O3. The highest BCUT2D eigenvalue weighted by Gasteiger charge is 2.26. The molecule has 166 valence electrons. The molecule has 0 spiro atoms. The Morgan fingerprint density at radius 1 is 0.935 bits per heavy atom. The van der Waals surface area contributed by atoms with Gasteiger partial charge in [-0.2, -0.15) is 0 Å². The van der Waals surface area contributed by atoms with Crippen LogP contribution in [0.3, 0.4) is 0 Å². The number of rotatable bonds is 8. The lowest BCUT2D eigenvalue weighted by molar-refractivity contribution is -0.130. The molecule has 6 nitrogen and oxygen atoms in total. The molecule has 2 aromatic carbocycles. The summed E-state index contributed by atoms with van der Waals surface area (Å²) in [5, 5.41) is 5.18. The van der Waals surface area contributed by atoms with Crippen molar-refractivity contribution in [2.45, 2.75) is 58.0 Å². The third-order valence-corrected chi connectivity index (χ3v) is 4.94. The number of carbonyl (C=O) groups excluding carboxylic acids is 3. The van der Waals surface area contributed by atoms with E-state index in [1.54, 1.807) is 6.07 Å². The van der Waals surface area contributed by atoms with Gasteiger partial charge in [-0.1, -0.05) is 57.2 Å². The fourth-order valence-corrected chi connectivity index (χ4v) is 3.23. The minimum absolute atomic E-state index is 0.00166. The molecule has 0 aromatic heterocycles. The van der Waals surface area contributed by atoms with Crippen molar-refractivity contribution in [2.75, 3.05) is 0 Å². The summed E-state index contributed by atoms with van der Waals surface area (Å²) in [6, 6.07) is 11.6. The molecule has 4 N–H and O–H groups in total. The monoisotopic (exact) mass is 427 g/mol. The molecule has 0 heterocycles. The van der Waals surface area contributed by atoms with Crippen LogP contribution in [0.4, 0.5) is 4.39 Å². The van der Waals surface area contributed by atoms with Gasteiger partial charge in [0.2, 0.25) is 17.7 Å². The summed E-state index contributed by atoms with van der Waals surface area (Å²) in [5.74, 6) is -2.09. The molecule has 31 heavy (non-hydrogen) atoms. The van der Waals surface area contributed by atoms with Crippen LogP contribution in [0, 0.1) is 5.82 Å². The van der Waals surface area contributed by atoms with E-state index >= 15 is 0 Å². The second-order valence-electron chi connectivity index (χ2n) is 8.70. The summed E-state index contributed by atoms with van der Waals surface area (Å²) >= 11 is 0. The van der Waals surface area contributed by atoms with Crippen LogP contribution in [0.5, 0.6) is 0 Å². The van der Waals surface area contributed by atoms with Gasteiger partial charge in [-0.05, 0) is 34.2 Å². The van der Waals surface area contributed by atoms with Crippen molar-refractivity contribution in [1.82, 2.24) is 10.6 Å². The molecule has 0 radical (unpaired) electrons. The molecule has 7 heteroatoms. The van der Waals surface area contributed by atoms with E-state index in [2.05, 4.69) is 31.4 Å². The van der Waals surface area contributed by atoms with Crippen molar-refractivity contribution in [2.24, 2.45) is 5.73 Å². The van der Waals surface area contributed by atoms with Crippen LogP contribution in [-0.2, 0) is 32.6 Å². The third-order valence-electron chi connectivity index (χ3n) is 4.94. The van der Waals surface area contributed by atoms with Gasteiger partial charge >= 0.3 is 0 Å². The van der Waals surface area contributed by atoms with Crippen LogP contribution < -0.4 is 16.4 Å². The zero-order valence-corrected chi connectivity index (χ0v) is 18.4. The van der Waals surface area contributed by atoms with E-state index in [1.165, 1.54) is 25.1 Å². The van der Waals surface area contributed by atoms with E-state index < -0.39 is 35.6 Å². The third kappa shape index (κ3) is 7.51. The van der Waals surface area contributed by atoms with Gasteiger partial charge in [0, 0.05) is 19.8 Å². The summed E-state index contributed by atoms with van der Waals surface area (Å²) in [6.45, 7) is 7.60. The summed E-state index contributed by atoms with van der Waals surface area (Å²) in [7, 11) is 0. The number of amides is 3. The molecular weight excluding hydrogens is 397 g/mol. The summed E-state index contributed by atoms with van der Waals surface area (Å²) < 4.78 is 13.5. The maximum atomic E-state index is 13.5. The Morgan fingerprint density at radius 2 is 1.55 bits per heavy atom. The first kappa shape index (κ1) is 24.1. The normalized spacial score (nSPS) is 13.2. The molecule has 0 unspecified atom stereocenters. The lowest BCUT2D eigenvalue weighted by atomic mass is 9.86.